The second-order valence-corrected chi connectivity index (χ2v) is 4.68. The molecule has 0 aliphatic heterocycles. The Labute approximate surface area is 123 Å². The number of rotatable bonds is 7. The summed E-state index contributed by atoms with van der Waals surface area (Å²) in [4.78, 5) is 11.6. The fourth-order valence-corrected chi connectivity index (χ4v) is 1.95. The van der Waals surface area contributed by atoms with Gasteiger partial charge in [-0.3, -0.25) is 4.79 Å². The third-order valence-electron chi connectivity index (χ3n) is 3.01. The molecular formula is C16H19NO4. The standard InChI is InChI=1S/C16H19NO4/c1-20-8-2-7-17-16(19)11-21-15-6-4-12-3-5-14(18)9-13(12)10-15/h3-6,9-10,18H,2,7-8,11H2,1H3,(H,17,19). The predicted octanol–water partition coefficient (Wildman–Crippen LogP) is 2.08. The zero-order chi connectivity index (χ0) is 15.1. The van der Waals surface area contributed by atoms with Crippen LogP contribution in [0.2, 0.25) is 0 Å². The Hall–Kier alpha value is -2.27. The van der Waals surface area contributed by atoms with E-state index < -0.39 is 0 Å². The average molecular weight is 289 g/mol. The van der Waals surface area contributed by atoms with E-state index in [4.69, 9.17) is 9.47 Å². The first kappa shape index (κ1) is 15.1. The lowest BCUT2D eigenvalue weighted by Crippen LogP contribution is -2.30. The number of fused-ring (bicyclic) bond motifs is 1. The average Bonchev–Trinajstić information content (AvgIpc) is 2.49. The molecule has 0 aromatic heterocycles. The molecule has 21 heavy (non-hydrogen) atoms. The van der Waals surface area contributed by atoms with Gasteiger partial charge in [-0.05, 0) is 41.5 Å². The first-order valence-corrected chi connectivity index (χ1v) is 6.80. The minimum absolute atomic E-state index is 0.0305. The van der Waals surface area contributed by atoms with E-state index in [0.29, 0.717) is 18.9 Å². The van der Waals surface area contributed by atoms with Gasteiger partial charge in [-0.1, -0.05) is 12.1 Å². The zero-order valence-electron chi connectivity index (χ0n) is 12.0. The van der Waals surface area contributed by atoms with Gasteiger partial charge in [0, 0.05) is 20.3 Å². The molecule has 2 aromatic carbocycles. The largest absolute Gasteiger partial charge is 0.508 e. The molecular weight excluding hydrogens is 270 g/mol. The molecule has 2 N–H and O–H groups in total. The van der Waals surface area contributed by atoms with Crippen molar-refractivity contribution in [3.8, 4) is 11.5 Å². The van der Waals surface area contributed by atoms with Crippen molar-refractivity contribution in [2.24, 2.45) is 0 Å². The molecule has 0 aliphatic rings. The molecule has 112 valence electrons. The van der Waals surface area contributed by atoms with E-state index >= 15 is 0 Å². The molecule has 2 rings (SSSR count). The van der Waals surface area contributed by atoms with Crippen LogP contribution in [-0.4, -0.2) is 37.9 Å². The number of carbonyl (C=O) groups excluding carboxylic acids is 1. The molecule has 0 unspecified atom stereocenters. The Kier molecular flexibility index (Phi) is 5.40. The van der Waals surface area contributed by atoms with E-state index in [-0.39, 0.29) is 18.3 Å². The van der Waals surface area contributed by atoms with E-state index in [2.05, 4.69) is 5.32 Å². The van der Waals surface area contributed by atoms with Gasteiger partial charge in [-0.25, -0.2) is 0 Å². The number of aromatic hydroxyl groups is 1. The van der Waals surface area contributed by atoms with E-state index in [1.54, 1.807) is 31.4 Å². The summed E-state index contributed by atoms with van der Waals surface area (Å²) in [5, 5.41) is 14.1. The number of amides is 1. The Morgan fingerprint density at radius 2 is 2.00 bits per heavy atom. The van der Waals surface area contributed by atoms with Gasteiger partial charge in [0.25, 0.3) is 5.91 Å². The van der Waals surface area contributed by atoms with Gasteiger partial charge in [0.2, 0.25) is 0 Å². The highest BCUT2D eigenvalue weighted by atomic mass is 16.5. The molecule has 0 fully saturated rings. The number of benzene rings is 2. The van der Waals surface area contributed by atoms with Crippen molar-refractivity contribution in [3.05, 3.63) is 36.4 Å². The third-order valence-corrected chi connectivity index (χ3v) is 3.01. The van der Waals surface area contributed by atoms with Crippen molar-refractivity contribution >= 4 is 16.7 Å². The van der Waals surface area contributed by atoms with Gasteiger partial charge in [0.15, 0.2) is 6.61 Å². The maximum absolute atomic E-state index is 11.6. The van der Waals surface area contributed by atoms with Crippen molar-refractivity contribution in [2.45, 2.75) is 6.42 Å². The van der Waals surface area contributed by atoms with Crippen LogP contribution < -0.4 is 10.1 Å². The lowest BCUT2D eigenvalue weighted by atomic mass is 10.1. The summed E-state index contributed by atoms with van der Waals surface area (Å²) < 4.78 is 10.3. The molecule has 0 spiro atoms. The zero-order valence-corrected chi connectivity index (χ0v) is 12.0. The fraction of sp³-hybridized carbons (Fsp3) is 0.312. The first-order chi connectivity index (χ1) is 10.2. The summed E-state index contributed by atoms with van der Waals surface area (Å²) in [7, 11) is 1.63. The van der Waals surface area contributed by atoms with Crippen LogP contribution >= 0.6 is 0 Å². The van der Waals surface area contributed by atoms with Crippen molar-refractivity contribution in [1.82, 2.24) is 5.32 Å². The molecule has 0 radical (unpaired) electrons. The van der Waals surface area contributed by atoms with Crippen LogP contribution in [0, 0.1) is 0 Å². The summed E-state index contributed by atoms with van der Waals surface area (Å²) in [5.41, 5.74) is 0. The Morgan fingerprint density at radius 3 is 2.81 bits per heavy atom. The van der Waals surface area contributed by atoms with Crippen LogP contribution in [0.15, 0.2) is 36.4 Å². The van der Waals surface area contributed by atoms with Gasteiger partial charge >= 0.3 is 0 Å². The summed E-state index contributed by atoms with van der Waals surface area (Å²) in [6.07, 6.45) is 0.775. The number of phenols is 1. The topological polar surface area (TPSA) is 67.8 Å². The smallest absolute Gasteiger partial charge is 0.257 e. The van der Waals surface area contributed by atoms with E-state index in [1.807, 2.05) is 12.1 Å². The molecule has 0 saturated heterocycles. The maximum Gasteiger partial charge on any atom is 0.257 e. The lowest BCUT2D eigenvalue weighted by Gasteiger charge is -2.08. The molecule has 0 saturated carbocycles. The molecule has 0 aliphatic carbocycles. The van der Waals surface area contributed by atoms with Crippen molar-refractivity contribution < 1.29 is 19.4 Å². The second-order valence-electron chi connectivity index (χ2n) is 4.68. The van der Waals surface area contributed by atoms with Crippen LogP contribution in [0.3, 0.4) is 0 Å². The van der Waals surface area contributed by atoms with Gasteiger partial charge in [-0.2, -0.15) is 0 Å². The molecule has 1 amide bonds. The van der Waals surface area contributed by atoms with Gasteiger partial charge in [0.05, 0.1) is 0 Å². The number of carbonyl (C=O) groups is 1. The number of phenolic OH excluding ortho intramolecular Hbond substituents is 1. The Balaban J connectivity index is 1.86. The highest BCUT2D eigenvalue weighted by molar-refractivity contribution is 5.85. The summed E-state index contributed by atoms with van der Waals surface area (Å²) in [5.74, 6) is 0.637. The Morgan fingerprint density at radius 1 is 1.19 bits per heavy atom. The number of ether oxygens (including phenoxy) is 2. The van der Waals surface area contributed by atoms with Crippen LogP contribution in [0.5, 0.6) is 11.5 Å². The monoisotopic (exact) mass is 289 g/mol. The van der Waals surface area contributed by atoms with E-state index in [1.165, 1.54) is 0 Å². The Bertz CT molecular complexity index is 612. The predicted molar refractivity (Wildman–Crippen MR) is 80.6 cm³/mol. The summed E-state index contributed by atoms with van der Waals surface area (Å²) in [6, 6.07) is 10.6. The van der Waals surface area contributed by atoms with Crippen LogP contribution in [-0.2, 0) is 9.53 Å². The van der Waals surface area contributed by atoms with Crippen molar-refractivity contribution in [3.63, 3.8) is 0 Å². The maximum atomic E-state index is 11.6. The fourth-order valence-electron chi connectivity index (χ4n) is 1.95. The van der Waals surface area contributed by atoms with Crippen molar-refractivity contribution in [1.29, 1.82) is 0 Å². The van der Waals surface area contributed by atoms with E-state index in [0.717, 1.165) is 17.2 Å². The SMILES string of the molecule is COCCCNC(=O)COc1ccc2ccc(O)cc2c1. The van der Waals surface area contributed by atoms with Crippen LogP contribution in [0.25, 0.3) is 10.8 Å². The normalized spacial score (nSPS) is 10.5. The van der Waals surface area contributed by atoms with Gasteiger partial charge in [-0.15, -0.1) is 0 Å². The first-order valence-electron chi connectivity index (χ1n) is 6.80. The highest BCUT2D eigenvalue weighted by Gasteiger charge is 2.03. The number of methoxy groups -OCH3 is 1. The van der Waals surface area contributed by atoms with Gasteiger partial charge in [0.1, 0.15) is 11.5 Å². The quantitative estimate of drug-likeness (QED) is 0.766. The van der Waals surface area contributed by atoms with E-state index in [9.17, 15) is 9.90 Å². The number of nitrogens with one attached hydrogen (secondary N) is 1. The minimum atomic E-state index is -0.165. The molecule has 0 atom stereocenters. The molecule has 2 aromatic rings. The molecule has 0 bridgehead atoms. The number of hydrogen-bond donors (Lipinski definition) is 2. The molecule has 0 heterocycles. The second kappa shape index (κ2) is 7.50. The highest BCUT2D eigenvalue weighted by Crippen LogP contribution is 2.24. The third kappa shape index (κ3) is 4.65. The summed E-state index contributed by atoms with van der Waals surface area (Å²) in [6.45, 7) is 1.16. The molecule has 5 heteroatoms. The lowest BCUT2D eigenvalue weighted by molar-refractivity contribution is -0.123. The van der Waals surface area contributed by atoms with Crippen molar-refractivity contribution in [2.75, 3.05) is 26.9 Å². The summed E-state index contributed by atoms with van der Waals surface area (Å²) >= 11 is 0. The van der Waals surface area contributed by atoms with Crippen LogP contribution in [0.1, 0.15) is 6.42 Å². The number of hydrogen-bond acceptors (Lipinski definition) is 4. The molecule has 5 nitrogen and oxygen atoms in total. The van der Waals surface area contributed by atoms with Crippen LogP contribution in [0.4, 0.5) is 0 Å². The minimum Gasteiger partial charge on any atom is -0.508 e. The van der Waals surface area contributed by atoms with Gasteiger partial charge < -0.3 is 19.9 Å².